The number of fused-ring (bicyclic) bond motifs is 2. The van der Waals surface area contributed by atoms with E-state index < -0.39 is 0 Å². The van der Waals surface area contributed by atoms with Crippen LogP contribution in [0.5, 0.6) is 0 Å². The number of benzene rings is 1. The molecule has 82 valence electrons. The number of hydrogen-bond acceptors (Lipinski definition) is 1. The molecule has 16 heavy (non-hydrogen) atoms. The molecule has 1 heteroatoms. The van der Waals surface area contributed by atoms with Gasteiger partial charge in [0.1, 0.15) is 0 Å². The maximum absolute atomic E-state index is 9.38. The highest BCUT2D eigenvalue weighted by Crippen LogP contribution is 2.38. The van der Waals surface area contributed by atoms with Gasteiger partial charge in [-0.1, -0.05) is 6.92 Å². The lowest BCUT2D eigenvalue weighted by atomic mass is 9.88. The summed E-state index contributed by atoms with van der Waals surface area (Å²) in [7, 11) is 0. The zero-order valence-electron chi connectivity index (χ0n) is 9.90. The minimum absolute atomic E-state index is 1.05. The van der Waals surface area contributed by atoms with Gasteiger partial charge >= 0.3 is 0 Å². The lowest BCUT2D eigenvalue weighted by Gasteiger charge is -2.15. The summed E-state index contributed by atoms with van der Waals surface area (Å²) in [6.07, 6.45) is 8.34. The van der Waals surface area contributed by atoms with E-state index in [4.69, 9.17) is 0 Å². The van der Waals surface area contributed by atoms with Crippen LogP contribution >= 0.6 is 0 Å². The van der Waals surface area contributed by atoms with Crippen LogP contribution < -0.4 is 0 Å². The third-order valence-corrected chi connectivity index (χ3v) is 4.23. The Labute approximate surface area is 97.1 Å². The van der Waals surface area contributed by atoms with E-state index in [2.05, 4.69) is 13.0 Å². The van der Waals surface area contributed by atoms with E-state index in [0.717, 1.165) is 24.8 Å². The highest BCUT2D eigenvalue weighted by molar-refractivity contribution is 5.59. The van der Waals surface area contributed by atoms with Crippen LogP contribution in [0, 0.1) is 11.3 Å². The highest BCUT2D eigenvalue weighted by atomic mass is 14.3. The maximum Gasteiger partial charge on any atom is 0.0997 e. The summed E-state index contributed by atoms with van der Waals surface area (Å²) in [5.41, 5.74) is 8.54. The van der Waals surface area contributed by atoms with Crippen molar-refractivity contribution in [2.75, 3.05) is 0 Å². The average molecular weight is 211 g/mol. The second kappa shape index (κ2) is 3.63. The molecular formula is C15H17N. The predicted octanol–water partition coefficient (Wildman–Crippen LogP) is 3.10. The van der Waals surface area contributed by atoms with Crippen molar-refractivity contribution >= 4 is 0 Å². The molecule has 0 fully saturated rings. The number of rotatable bonds is 1. The molecule has 0 amide bonds. The monoisotopic (exact) mass is 211 g/mol. The van der Waals surface area contributed by atoms with E-state index in [-0.39, 0.29) is 0 Å². The quantitative estimate of drug-likeness (QED) is 0.700. The van der Waals surface area contributed by atoms with E-state index in [0.29, 0.717) is 0 Å². The maximum atomic E-state index is 9.38. The van der Waals surface area contributed by atoms with Crippen molar-refractivity contribution in [1.82, 2.24) is 0 Å². The molecular weight excluding hydrogens is 194 g/mol. The molecule has 0 N–H and O–H groups in total. The van der Waals surface area contributed by atoms with E-state index in [9.17, 15) is 5.26 Å². The zero-order chi connectivity index (χ0) is 11.1. The van der Waals surface area contributed by atoms with Crippen LogP contribution in [0.3, 0.4) is 0 Å². The number of nitrogens with zero attached hydrogens (tertiary/aromatic N) is 1. The van der Waals surface area contributed by atoms with Crippen molar-refractivity contribution in [1.29, 1.82) is 5.26 Å². The summed E-state index contributed by atoms with van der Waals surface area (Å²) < 4.78 is 0. The Kier molecular flexibility index (Phi) is 2.24. The average Bonchev–Trinajstić information content (AvgIpc) is 2.93. The van der Waals surface area contributed by atoms with Gasteiger partial charge in [-0.2, -0.15) is 5.26 Å². The van der Waals surface area contributed by atoms with E-state index >= 15 is 0 Å². The summed E-state index contributed by atoms with van der Waals surface area (Å²) in [6.45, 7) is 2.26. The summed E-state index contributed by atoms with van der Waals surface area (Å²) in [6, 6.07) is 2.48. The Bertz CT molecular complexity index is 456. The van der Waals surface area contributed by atoms with Crippen molar-refractivity contribution in [2.24, 2.45) is 0 Å². The summed E-state index contributed by atoms with van der Waals surface area (Å²) >= 11 is 0. The molecule has 1 nitrogen and oxygen atoms in total. The van der Waals surface area contributed by atoms with Crippen molar-refractivity contribution in [2.45, 2.75) is 51.9 Å². The second-order valence-electron chi connectivity index (χ2n) is 4.94. The fraction of sp³-hybridized carbons (Fsp3) is 0.533. The van der Waals surface area contributed by atoms with Gasteiger partial charge in [0.15, 0.2) is 0 Å². The molecule has 0 radical (unpaired) electrons. The lowest BCUT2D eigenvalue weighted by Crippen LogP contribution is -2.03. The van der Waals surface area contributed by atoms with Crippen LogP contribution in [-0.4, -0.2) is 0 Å². The Morgan fingerprint density at radius 2 is 1.44 bits per heavy atom. The first kappa shape index (κ1) is 9.90. The molecule has 1 aromatic carbocycles. The van der Waals surface area contributed by atoms with Gasteiger partial charge in [0, 0.05) is 0 Å². The molecule has 3 rings (SSSR count). The van der Waals surface area contributed by atoms with Gasteiger partial charge < -0.3 is 0 Å². The third-order valence-electron chi connectivity index (χ3n) is 4.23. The zero-order valence-corrected chi connectivity index (χ0v) is 9.90. The lowest BCUT2D eigenvalue weighted by molar-refractivity contribution is 0.884. The third kappa shape index (κ3) is 1.16. The Balaban J connectivity index is 2.35. The van der Waals surface area contributed by atoms with Gasteiger partial charge in [-0.15, -0.1) is 0 Å². The molecule has 1 aromatic rings. The minimum atomic E-state index is 1.05. The van der Waals surface area contributed by atoms with Gasteiger partial charge in [0.05, 0.1) is 11.6 Å². The Morgan fingerprint density at radius 1 is 0.938 bits per heavy atom. The molecule has 0 aromatic heterocycles. The van der Waals surface area contributed by atoms with Crippen LogP contribution in [0.25, 0.3) is 0 Å². The molecule has 0 heterocycles. The molecule has 0 saturated heterocycles. The summed E-state index contributed by atoms with van der Waals surface area (Å²) in [5, 5.41) is 9.38. The summed E-state index contributed by atoms with van der Waals surface area (Å²) in [5.74, 6) is 0. The van der Waals surface area contributed by atoms with Crippen molar-refractivity contribution in [3.63, 3.8) is 0 Å². The SMILES string of the molecule is CCc1c2c(c(C#N)c3c1CCC3)CCC2. The Hall–Kier alpha value is -1.29. The predicted molar refractivity (Wildman–Crippen MR) is 64.6 cm³/mol. The molecule has 0 unspecified atom stereocenters. The fourth-order valence-electron chi connectivity index (χ4n) is 3.63. The van der Waals surface area contributed by atoms with Gasteiger partial charge in [-0.25, -0.2) is 0 Å². The second-order valence-corrected chi connectivity index (χ2v) is 4.94. The van der Waals surface area contributed by atoms with Gasteiger partial charge in [-0.3, -0.25) is 0 Å². The standard InChI is InChI=1S/C15H17N/c1-2-10-11-5-3-7-13(11)15(9-16)14-8-4-6-12(10)14/h2-8H2,1H3. The molecule has 0 spiro atoms. The van der Waals surface area contributed by atoms with Crippen molar-refractivity contribution in [3.8, 4) is 6.07 Å². The largest absolute Gasteiger partial charge is 0.192 e. The smallest absolute Gasteiger partial charge is 0.0997 e. The van der Waals surface area contributed by atoms with Gasteiger partial charge in [0.2, 0.25) is 0 Å². The molecule has 2 aliphatic carbocycles. The van der Waals surface area contributed by atoms with E-state index in [1.807, 2.05) is 0 Å². The highest BCUT2D eigenvalue weighted by Gasteiger charge is 2.27. The van der Waals surface area contributed by atoms with Crippen LogP contribution in [-0.2, 0) is 32.1 Å². The molecule has 0 saturated carbocycles. The minimum Gasteiger partial charge on any atom is -0.192 e. The van der Waals surface area contributed by atoms with Crippen LogP contribution in [0.1, 0.15) is 53.1 Å². The first-order valence-electron chi connectivity index (χ1n) is 6.45. The molecule has 0 atom stereocenters. The molecule has 2 aliphatic rings. The van der Waals surface area contributed by atoms with Crippen LogP contribution in [0.4, 0.5) is 0 Å². The first-order chi connectivity index (χ1) is 7.86. The van der Waals surface area contributed by atoms with Gasteiger partial charge in [-0.05, 0) is 72.8 Å². The van der Waals surface area contributed by atoms with E-state index in [1.54, 1.807) is 16.7 Å². The molecule has 0 aliphatic heterocycles. The first-order valence-corrected chi connectivity index (χ1v) is 6.45. The van der Waals surface area contributed by atoms with Crippen LogP contribution in [0.15, 0.2) is 0 Å². The normalized spacial score (nSPS) is 17.0. The van der Waals surface area contributed by atoms with Crippen molar-refractivity contribution in [3.05, 3.63) is 33.4 Å². The van der Waals surface area contributed by atoms with Crippen LogP contribution in [0.2, 0.25) is 0 Å². The topological polar surface area (TPSA) is 23.8 Å². The van der Waals surface area contributed by atoms with Crippen molar-refractivity contribution < 1.29 is 0 Å². The van der Waals surface area contributed by atoms with Gasteiger partial charge in [0.25, 0.3) is 0 Å². The molecule has 0 bridgehead atoms. The number of nitriles is 1. The Morgan fingerprint density at radius 3 is 1.88 bits per heavy atom. The number of hydrogen-bond donors (Lipinski definition) is 0. The summed E-state index contributed by atoms with van der Waals surface area (Å²) in [4.78, 5) is 0. The fourth-order valence-corrected chi connectivity index (χ4v) is 3.63. The van der Waals surface area contributed by atoms with E-state index in [1.165, 1.54) is 36.8 Å².